The summed E-state index contributed by atoms with van der Waals surface area (Å²) in [4.78, 5) is 0. The molecule has 0 amide bonds. The van der Waals surface area contributed by atoms with Gasteiger partial charge in [-0.2, -0.15) is 0 Å². The lowest BCUT2D eigenvalue weighted by Gasteiger charge is -2.60. The van der Waals surface area contributed by atoms with E-state index in [0.717, 1.165) is 44.9 Å². The van der Waals surface area contributed by atoms with Crippen LogP contribution in [0.5, 0.6) is 0 Å². The van der Waals surface area contributed by atoms with Crippen molar-refractivity contribution in [2.75, 3.05) is 6.61 Å². The Bertz CT molecular complexity index is 296. The van der Waals surface area contributed by atoms with Crippen LogP contribution in [0, 0.1) is 17.3 Å². The molecule has 2 aliphatic carbocycles. The number of aliphatic hydroxyl groups excluding tert-OH is 2. The van der Waals surface area contributed by atoms with Crippen molar-refractivity contribution in [3.63, 3.8) is 0 Å². The fraction of sp³-hybridized carbons (Fsp3) is 1.00. The Morgan fingerprint density at radius 3 is 2.50 bits per heavy atom. The third-order valence-corrected chi connectivity index (χ3v) is 6.31. The van der Waals surface area contributed by atoms with Gasteiger partial charge in [-0.05, 0) is 38.0 Å². The standard InChI is InChI=1S/C14H24Cl2O2/c1-2-13-10(6-4-3-5-9-17)7-8-11(13)14(15,16)12(13)18/h10-12,17-18H,2-9H2,1H3. The minimum Gasteiger partial charge on any atom is -0.396 e. The van der Waals surface area contributed by atoms with Crippen LogP contribution < -0.4 is 0 Å². The molecule has 0 aliphatic heterocycles. The van der Waals surface area contributed by atoms with Gasteiger partial charge in [0.25, 0.3) is 0 Å². The van der Waals surface area contributed by atoms with Crippen molar-refractivity contribution in [3.05, 3.63) is 0 Å². The minimum atomic E-state index is -0.921. The van der Waals surface area contributed by atoms with Gasteiger partial charge in [-0.15, -0.1) is 0 Å². The lowest BCUT2D eigenvalue weighted by atomic mass is 9.53. The second kappa shape index (κ2) is 5.47. The van der Waals surface area contributed by atoms with E-state index >= 15 is 0 Å². The van der Waals surface area contributed by atoms with Gasteiger partial charge in [-0.1, -0.05) is 43.0 Å². The first-order chi connectivity index (χ1) is 8.51. The number of halogens is 2. The molecule has 0 heterocycles. The Hall–Kier alpha value is 0.500. The van der Waals surface area contributed by atoms with E-state index < -0.39 is 10.4 Å². The summed E-state index contributed by atoms with van der Waals surface area (Å²) in [6.07, 6.45) is 6.78. The normalized spacial score (nSPS) is 41.5. The van der Waals surface area contributed by atoms with Gasteiger partial charge in [-0.25, -0.2) is 0 Å². The summed E-state index contributed by atoms with van der Waals surface area (Å²) in [5, 5.41) is 19.2. The quantitative estimate of drug-likeness (QED) is 0.581. The van der Waals surface area contributed by atoms with Crippen LogP contribution in [-0.2, 0) is 0 Å². The average molecular weight is 295 g/mol. The highest BCUT2D eigenvalue weighted by molar-refractivity contribution is 6.50. The molecule has 0 aromatic carbocycles. The fourth-order valence-electron chi connectivity index (χ4n) is 4.43. The maximum atomic E-state index is 10.4. The van der Waals surface area contributed by atoms with E-state index in [1.54, 1.807) is 0 Å². The molecular formula is C14H24Cl2O2. The Morgan fingerprint density at radius 2 is 1.89 bits per heavy atom. The summed E-state index contributed by atoms with van der Waals surface area (Å²) in [6, 6.07) is 0. The molecule has 2 rings (SSSR count). The van der Waals surface area contributed by atoms with Gasteiger partial charge in [0.2, 0.25) is 0 Å². The maximum absolute atomic E-state index is 10.4. The van der Waals surface area contributed by atoms with Crippen LogP contribution in [0.4, 0.5) is 0 Å². The monoisotopic (exact) mass is 294 g/mol. The van der Waals surface area contributed by atoms with Gasteiger partial charge < -0.3 is 10.2 Å². The Kier molecular flexibility index (Phi) is 4.53. The molecule has 4 unspecified atom stereocenters. The summed E-state index contributed by atoms with van der Waals surface area (Å²) >= 11 is 12.5. The summed E-state index contributed by atoms with van der Waals surface area (Å²) in [7, 11) is 0. The molecular weight excluding hydrogens is 271 g/mol. The predicted molar refractivity (Wildman–Crippen MR) is 74.9 cm³/mol. The highest BCUT2D eigenvalue weighted by Crippen LogP contribution is 2.71. The molecule has 0 radical (unpaired) electrons. The average Bonchev–Trinajstić information content (AvgIpc) is 2.71. The van der Waals surface area contributed by atoms with E-state index in [9.17, 15) is 5.11 Å². The molecule has 0 bridgehead atoms. The topological polar surface area (TPSA) is 40.5 Å². The Morgan fingerprint density at radius 1 is 1.17 bits per heavy atom. The summed E-state index contributed by atoms with van der Waals surface area (Å²) < 4.78 is -0.921. The van der Waals surface area contributed by atoms with Gasteiger partial charge >= 0.3 is 0 Å². The highest BCUT2D eigenvalue weighted by atomic mass is 35.5. The van der Waals surface area contributed by atoms with Crippen molar-refractivity contribution in [3.8, 4) is 0 Å². The smallest absolute Gasteiger partial charge is 0.147 e. The zero-order valence-electron chi connectivity index (χ0n) is 11.0. The van der Waals surface area contributed by atoms with Gasteiger partial charge in [0.1, 0.15) is 4.33 Å². The second-order valence-electron chi connectivity index (χ2n) is 5.94. The number of unbranched alkanes of at least 4 members (excludes halogenated alkanes) is 2. The first-order valence-corrected chi connectivity index (χ1v) is 7.94. The molecule has 18 heavy (non-hydrogen) atoms. The lowest BCUT2D eigenvalue weighted by Crippen LogP contribution is -2.67. The Balaban J connectivity index is 1.97. The molecule has 2 N–H and O–H groups in total. The van der Waals surface area contributed by atoms with E-state index in [0.29, 0.717) is 5.92 Å². The number of hydrogen-bond donors (Lipinski definition) is 2. The van der Waals surface area contributed by atoms with Crippen molar-refractivity contribution >= 4 is 23.2 Å². The second-order valence-corrected chi connectivity index (χ2v) is 7.39. The third-order valence-electron chi connectivity index (χ3n) is 5.37. The maximum Gasteiger partial charge on any atom is 0.147 e. The highest BCUT2D eigenvalue weighted by Gasteiger charge is 2.73. The van der Waals surface area contributed by atoms with E-state index in [1.165, 1.54) is 0 Å². The summed E-state index contributed by atoms with van der Waals surface area (Å²) in [5.74, 6) is 0.808. The first kappa shape index (κ1) is 14.9. The lowest BCUT2D eigenvalue weighted by molar-refractivity contribution is -0.142. The van der Waals surface area contributed by atoms with Crippen molar-refractivity contribution in [2.24, 2.45) is 17.3 Å². The number of fused-ring (bicyclic) bond motifs is 1. The molecule has 106 valence electrons. The molecule has 0 aromatic rings. The zero-order valence-corrected chi connectivity index (χ0v) is 12.6. The predicted octanol–water partition coefficient (Wildman–Crippen LogP) is 3.51. The third kappa shape index (κ3) is 2.00. The van der Waals surface area contributed by atoms with E-state index in [2.05, 4.69) is 6.92 Å². The van der Waals surface area contributed by atoms with Crippen LogP contribution in [0.3, 0.4) is 0 Å². The number of hydrogen-bond acceptors (Lipinski definition) is 2. The number of alkyl halides is 2. The fourth-order valence-corrected chi connectivity index (χ4v) is 5.46. The van der Waals surface area contributed by atoms with Crippen molar-refractivity contribution in [2.45, 2.75) is 62.3 Å². The molecule has 0 aromatic heterocycles. The number of rotatable bonds is 6. The summed E-state index contributed by atoms with van der Waals surface area (Å²) in [6.45, 7) is 2.42. The molecule has 2 saturated carbocycles. The minimum absolute atomic E-state index is 0.0390. The van der Waals surface area contributed by atoms with Crippen molar-refractivity contribution < 1.29 is 10.2 Å². The van der Waals surface area contributed by atoms with Crippen LogP contribution in [0.25, 0.3) is 0 Å². The van der Waals surface area contributed by atoms with Crippen LogP contribution in [-0.4, -0.2) is 27.3 Å². The van der Waals surface area contributed by atoms with Crippen molar-refractivity contribution in [1.82, 2.24) is 0 Å². The van der Waals surface area contributed by atoms with Gasteiger partial charge in [0.15, 0.2) is 0 Å². The first-order valence-electron chi connectivity index (χ1n) is 7.18. The van der Waals surface area contributed by atoms with E-state index in [-0.39, 0.29) is 17.9 Å². The SMILES string of the molecule is CCC12C(CCCCCO)CCC1C(Cl)(Cl)C2O. The Labute approximate surface area is 120 Å². The molecule has 4 heteroatoms. The summed E-state index contributed by atoms with van der Waals surface area (Å²) in [5.41, 5.74) is -0.0390. The van der Waals surface area contributed by atoms with Crippen LogP contribution in [0.15, 0.2) is 0 Å². The van der Waals surface area contributed by atoms with Crippen LogP contribution >= 0.6 is 23.2 Å². The molecule has 4 atom stereocenters. The van der Waals surface area contributed by atoms with Crippen LogP contribution in [0.2, 0.25) is 0 Å². The van der Waals surface area contributed by atoms with E-state index in [4.69, 9.17) is 28.3 Å². The molecule has 2 fully saturated rings. The van der Waals surface area contributed by atoms with E-state index in [1.807, 2.05) is 0 Å². The molecule has 2 aliphatic rings. The molecule has 0 saturated heterocycles. The van der Waals surface area contributed by atoms with Gasteiger partial charge in [0, 0.05) is 17.9 Å². The van der Waals surface area contributed by atoms with Gasteiger partial charge in [-0.3, -0.25) is 0 Å². The van der Waals surface area contributed by atoms with Crippen LogP contribution in [0.1, 0.15) is 51.9 Å². The largest absolute Gasteiger partial charge is 0.396 e. The zero-order chi connectivity index (χ0) is 13.4. The molecule has 2 nitrogen and oxygen atoms in total. The van der Waals surface area contributed by atoms with Crippen molar-refractivity contribution in [1.29, 1.82) is 0 Å². The van der Waals surface area contributed by atoms with Gasteiger partial charge in [0.05, 0.1) is 6.10 Å². The number of aliphatic hydroxyl groups is 2. The molecule has 0 spiro atoms.